The second-order valence-electron chi connectivity index (χ2n) is 6.50. The lowest BCUT2D eigenvalue weighted by molar-refractivity contribution is -0.117. The molecule has 1 unspecified atom stereocenters. The molecule has 3 amide bonds. The molecule has 3 rings (SSSR count). The molecule has 1 N–H and O–H groups in total. The van der Waals surface area contributed by atoms with Crippen molar-refractivity contribution in [1.29, 1.82) is 0 Å². The van der Waals surface area contributed by atoms with Crippen LogP contribution in [0, 0.1) is 0 Å². The van der Waals surface area contributed by atoms with Crippen LogP contribution in [-0.2, 0) is 4.79 Å². The number of nitrogens with zero attached hydrogens (tertiary/aromatic N) is 2. The van der Waals surface area contributed by atoms with Crippen molar-refractivity contribution in [3.63, 3.8) is 0 Å². The highest BCUT2D eigenvalue weighted by Gasteiger charge is 2.32. The summed E-state index contributed by atoms with van der Waals surface area (Å²) in [4.78, 5) is 28.5. The van der Waals surface area contributed by atoms with Gasteiger partial charge in [0.2, 0.25) is 5.91 Å². The van der Waals surface area contributed by atoms with Crippen LogP contribution in [0.5, 0.6) is 11.5 Å². The molecule has 0 spiro atoms. The summed E-state index contributed by atoms with van der Waals surface area (Å²) in [5.41, 5.74) is 1.57. The molecule has 1 aliphatic rings. The standard InChI is InChI=1S/C21H25N3O4/c1-4-23(16-5-9-18(27-2)10-6-16)21(26)22-15-13-20(25)24(14-15)17-7-11-19(28-3)12-8-17/h5-12,15H,4,13-14H2,1-3H3,(H,22,26). The number of nitrogens with one attached hydrogen (secondary N) is 1. The van der Waals surface area contributed by atoms with E-state index in [0.29, 0.717) is 13.1 Å². The smallest absolute Gasteiger partial charge is 0.322 e. The molecule has 1 fully saturated rings. The molecule has 7 heteroatoms. The van der Waals surface area contributed by atoms with E-state index in [1.54, 1.807) is 24.0 Å². The maximum Gasteiger partial charge on any atom is 0.322 e. The third-order valence-corrected chi connectivity index (χ3v) is 4.78. The lowest BCUT2D eigenvalue weighted by Gasteiger charge is -2.24. The van der Waals surface area contributed by atoms with Crippen molar-refractivity contribution in [3.8, 4) is 11.5 Å². The van der Waals surface area contributed by atoms with E-state index in [1.165, 1.54) is 0 Å². The number of benzene rings is 2. The molecule has 0 aliphatic carbocycles. The first-order chi connectivity index (χ1) is 13.5. The SMILES string of the molecule is CCN(C(=O)NC1CC(=O)N(c2ccc(OC)cc2)C1)c1ccc(OC)cc1. The van der Waals surface area contributed by atoms with Crippen LogP contribution < -0.4 is 24.6 Å². The first-order valence-electron chi connectivity index (χ1n) is 9.22. The normalized spacial score (nSPS) is 16.0. The first kappa shape index (κ1) is 19.5. The summed E-state index contributed by atoms with van der Waals surface area (Å²) in [5, 5.41) is 2.98. The number of rotatable bonds is 6. The van der Waals surface area contributed by atoms with Gasteiger partial charge in [0.15, 0.2) is 0 Å². The summed E-state index contributed by atoms with van der Waals surface area (Å²) in [5.74, 6) is 1.46. The second kappa shape index (κ2) is 8.65. The molecule has 0 radical (unpaired) electrons. The number of hydrogen-bond donors (Lipinski definition) is 1. The molecule has 0 bridgehead atoms. The highest BCUT2D eigenvalue weighted by molar-refractivity contribution is 5.98. The molecule has 148 valence electrons. The Kier molecular flexibility index (Phi) is 6.03. The molecular weight excluding hydrogens is 358 g/mol. The Morgan fingerprint density at radius 1 is 1.07 bits per heavy atom. The Balaban J connectivity index is 1.65. The minimum atomic E-state index is -0.241. The number of methoxy groups -OCH3 is 2. The highest BCUT2D eigenvalue weighted by atomic mass is 16.5. The van der Waals surface area contributed by atoms with Crippen LogP contribution in [0.3, 0.4) is 0 Å². The summed E-state index contributed by atoms with van der Waals surface area (Å²) in [7, 11) is 3.20. The Hall–Kier alpha value is -3.22. The topological polar surface area (TPSA) is 71.1 Å². The average Bonchev–Trinajstić information content (AvgIpc) is 3.09. The number of carbonyl (C=O) groups excluding carboxylic acids is 2. The molecule has 0 aromatic heterocycles. The van der Waals surface area contributed by atoms with Gasteiger partial charge in [-0.1, -0.05) is 0 Å². The third-order valence-electron chi connectivity index (χ3n) is 4.78. The van der Waals surface area contributed by atoms with Crippen LogP contribution >= 0.6 is 0 Å². The monoisotopic (exact) mass is 383 g/mol. The third kappa shape index (κ3) is 4.19. The van der Waals surface area contributed by atoms with Gasteiger partial charge in [-0.2, -0.15) is 0 Å². The van der Waals surface area contributed by atoms with Crippen LogP contribution in [0.25, 0.3) is 0 Å². The van der Waals surface area contributed by atoms with Crippen LogP contribution in [0.2, 0.25) is 0 Å². The van der Waals surface area contributed by atoms with Crippen LogP contribution in [0.4, 0.5) is 16.2 Å². The molecule has 1 atom stereocenters. The summed E-state index contributed by atoms with van der Waals surface area (Å²) in [6, 6.07) is 14.2. The molecule has 1 saturated heterocycles. The van der Waals surface area contributed by atoms with Crippen molar-refractivity contribution in [2.45, 2.75) is 19.4 Å². The molecule has 1 heterocycles. The zero-order valence-electron chi connectivity index (χ0n) is 16.3. The maximum absolute atomic E-state index is 12.8. The molecule has 7 nitrogen and oxygen atoms in total. The number of urea groups is 1. The summed E-state index contributed by atoms with van der Waals surface area (Å²) in [6.07, 6.45) is 0.276. The van der Waals surface area contributed by atoms with E-state index in [1.807, 2.05) is 55.5 Å². The van der Waals surface area contributed by atoms with E-state index < -0.39 is 0 Å². The van der Waals surface area contributed by atoms with Gasteiger partial charge < -0.3 is 19.7 Å². The molecular formula is C21H25N3O4. The molecule has 2 aromatic carbocycles. The largest absolute Gasteiger partial charge is 0.497 e. The Morgan fingerprint density at radius 3 is 2.18 bits per heavy atom. The number of carbonyl (C=O) groups is 2. The van der Waals surface area contributed by atoms with Crippen molar-refractivity contribution < 1.29 is 19.1 Å². The lowest BCUT2D eigenvalue weighted by atomic mass is 10.2. The van der Waals surface area contributed by atoms with Gasteiger partial charge in [-0.15, -0.1) is 0 Å². The minimum Gasteiger partial charge on any atom is -0.497 e. The minimum absolute atomic E-state index is 0.0111. The van der Waals surface area contributed by atoms with Gasteiger partial charge in [0.25, 0.3) is 0 Å². The van der Waals surface area contributed by atoms with Crippen molar-refractivity contribution in [1.82, 2.24) is 5.32 Å². The molecule has 28 heavy (non-hydrogen) atoms. The van der Waals surface area contributed by atoms with Gasteiger partial charge in [-0.05, 0) is 55.5 Å². The predicted molar refractivity (Wildman–Crippen MR) is 108 cm³/mol. The number of hydrogen-bond acceptors (Lipinski definition) is 4. The van der Waals surface area contributed by atoms with Gasteiger partial charge in [0, 0.05) is 30.9 Å². The van der Waals surface area contributed by atoms with Crippen molar-refractivity contribution in [2.75, 3.05) is 37.1 Å². The average molecular weight is 383 g/mol. The number of anilines is 2. The highest BCUT2D eigenvalue weighted by Crippen LogP contribution is 2.25. The van der Waals surface area contributed by atoms with Gasteiger partial charge >= 0.3 is 6.03 Å². The Morgan fingerprint density at radius 2 is 1.64 bits per heavy atom. The van der Waals surface area contributed by atoms with E-state index in [2.05, 4.69) is 5.32 Å². The summed E-state index contributed by atoms with van der Waals surface area (Å²) < 4.78 is 10.3. The van der Waals surface area contributed by atoms with E-state index in [0.717, 1.165) is 22.9 Å². The van der Waals surface area contributed by atoms with Gasteiger partial charge in [-0.25, -0.2) is 4.79 Å². The molecule has 1 aliphatic heterocycles. The van der Waals surface area contributed by atoms with Gasteiger partial charge in [0.1, 0.15) is 11.5 Å². The fourth-order valence-electron chi connectivity index (χ4n) is 3.27. The zero-order valence-corrected chi connectivity index (χ0v) is 16.3. The van der Waals surface area contributed by atoms with Crippen LogP contribution in [0.15, 0.2) is 48.5 Å². The lowest BCUT2D eigenvalue weighted by Crippen LogP contribution is -2.46. The van der Waals surface area contributed by atoms with E-state index in [4.69, 9.17) is 9.47 Å². The second-order valence-corrected chi connectivity index (χ2v) is 6.50. The summed E-state index contributed by atoms with van der Waals surface area (Å²) >= 11 is 0. The maximum atomic E-state index is 12.8. The quantitative estimate of drug-likeness (QED) is 0.832. The van der Waals surface area contributed by atoms with Crippen molar-refractivity contribution >= 4 is 23.3 Å². The molecule has 0 saturated carbocycles. The van der Waals surface area contributed by atoms with Gasteiger partial charge in [0.05, 0.1) is 20.3 Å². The first-order valence-corrected chi connectivity index (χ1v) is 9.22. The fourth-order valence-corrected chi connectivity index (χ4v) is 3.27. The van der Waals surface area contributed by atoms with E-state index in [-0.39, 0.29) is 24.4 Å². The van der Waals surface area contributed by atoms with Crippen LogP contribution in [0.1, 0.15) is 13.3 Å². The number of ether oxygens (including phenoxy) is 2. The Labute approximate surface area is 164 Å². The number of amides is 3. The van der Waals surface area contributed by atoms with Gasteiger partial charge in [-0.3, -0.25) is 9.69 Å². The predicted octanol–water partition coefficient (Wildman–Crippen LogP) is 3.05. The van der Waals surface area contributed by atoms with E-state index in [9.17, 15) is 9.59 Å². The van der Waals surface area contributed by atoms with Crippen LogP contribution in [-0.4, -0.2) is 45.3 Å². The van der Waals surface area contributed by atoms with Crippen molar-refractivity contribution in [3.05, 3.63) is 48.5 Å². The molecule has 2 aromatic rings. The zero-order chi connectivity index (χ0) is 20.1. The van der Waals surface area contributed by atoms with Crippen molar-refractivity contribution in [2.24, 2.45) is 0 Å². The van der Waals surface area contributed by atoms with E-state index >= 15 is 0 Å². The Bertz CT molecular complexity index is 821. The summed E-state index contributed by atoms with van der Waals surface area (Å²) in [6.45, 7) is 2.87. The fraction of sp³-hybridized carbons (Fsp3) is 0.333.